The van der Waals surface area contributed by atoms with Gasteiger partial charge in [0.05, 0.1) is 6.61 Å². The van der Waals surface area contributed by atoms with Crippen molar-refractivity contribution in [2.75, 3.05) is 19.0 Å². The summed E-state index contributed by atoms with van der Waals surface area (Å²) in [6.07, 6.45) is 6.14. The zero-order valence-corrected chi connectivity index (χ0v) is 10.6. The summed E-state index contributed by atoms with van der Waals surface area (Å²) in [5.41, 5.74) is 0.794. The summed E-state index contributed by atoms with van der Waals surface area (Å²) >= 11 is 0. The van der Waals surface area contributed by atoms with Gasteiger partial charge in [-0.1, -0.05) is 0 Å². The van der Waals surface area contributed by atoms with Crippen LogP contribution in [0.5, 0.6) is 0 Å². The van der Waals surface area contributed by atoms with E-state index in [1.165, 1.54) is 12.8 Å². The monoisotopic (exact) mass is 247 g/mol. The van der Waals surface area contributed by atoms with Crippen molar-refractivity contribution in [3.63, 3.8) is 0 Å². The second kappa shape index (κ2) is 4.53. The molecule has 96 valence electrons. The highest BCUT2D eigenvalue weighted by molar-refractivity contribution is 5.62. The molecule has 1 aliphatic rings. The zero-order chi connectivity index (χ0) is 12.5. The van der Waals surface area contributed by atoms with E-state index in [0.717, 1.165) is 17.3 Å². The minimum atomic E-state index is 0.190. The van der Waals surface area contributed by atoms with E-state index in [0.29, 0.717) is 12.5 Å². The van der Waals surface area contributed by atoms with Crippen molar-refractivity contribution >= 4 is 11.5 Å². The average molecular weight is 247 g/mol. The van der Waals surface area contributed by atoms with Crippen LogP contribution < -0.4 is 5.32 Å². The van der Waals surface area contributed by atoms with Gasteiger partial charge in [0.1, 0.15) is 5.82 Å². The Hall–Kier alpha value is -1.69. The predicted molar refractivity (Wildman–Crippen MR) is 67.7 cm³/mol. The van der Waals surface area contributed by atoms with Gasteiger partial charge in [-0.25, -0.2) is 4.98 Å². The Morgan fingerprint density at radius 1 is 1.50 bits per heavy atom. The van der Waals surface area contributed by atoms with Gasteiger partial charge >= 0.3 is 0 Å². The molecule has 1 N–H and O–H groups in total. The quantitative estimate of drug-likeness (QED) is 0.866. The van der Waals surface area contributed by atoms with E-state index >= 15 is 0 Å². The zero-order valence-electron chi connectivity index (χ0n) is 10.6. The third kappa shape index (κ3) is 2.03. The van der Waals surface area contributed by atoms with Crippen molar-refractivity contribution in [2.24, 2.45) is 0 Å². The Kier molecular flexibility index (Phi) is 2.87. The van der Waals surface area contributed by atoms with Crippen LogP contribution in [0.2, 0.25) is 0 Å². The molecule has 0 aromatic carbocycles. The molecule has 2 aromatic rings. The summed E-state index contributed by atoms with van der Waals surface area (Å²) in [4.78, 5) is 4.33. The molecule has 0 spiro atoms. The molecule has 3 rings (SSSR count). The van der Waals surface area contributed by atoms with Crippen molar-refractivity contribution in [1.82, 2.24) is 19.6 Å². The molecule has 0 aliphatic heterocycles. The number of anilines is 1. The van der Waals surface area contributed by atoms with Crippen LogP contribution >= 0.6 is 0 Å². The molecular weight excluding hydrogens is 230 g/mol. The highest BCUT2D eigenvalue weighted by Crippen LogP contribution is 2.39. The summed E-state index contributed by atoms with van der Waals surface area (Å²) in [6, 6.07) is 0.190. The van der Waals surface area contributed by atoms with E-state index in [1.54, 1.807) is 13.3 Å². The SMILES string of the molecule is COCC(C)Nc1nccn2c(C3CC3)nnc12. The lowest BCUT2D eigenvalue weighted by molar-refractivity contribution is 0.190. The largest absolute Gasteiger partial charge is 0.383 e. The number of aromatic nitrogens is 4. The van der Waals surface area contributed by atoms with Gasteiger partial charge in [0.25, 0.3) is 0 Å². The van der Waals surface area contributed by atoms with Gasteiger partial charge < -0.3 is 10.1 Å². The molecule has 6 nitrogen and oxygen atoms in total. The number of nitrogens with zero attached hydrogens (tertiary/aromatic N) is 4. The first-order chi connectivity index (χ1) is 8.79. The fraction of sp³-hybridized carbons (Fsp3) is 0.583. The van der Waals surface area contributed by atoms with Crippen molar-refractivity contribution < 1.29 is 4.74 Å². The van der Waals surface area contributed by atoms with Crippen LogP contribution in [0.3, 0.4) is 0 Å². The maximum absolute atomic E-state index is 5.11. The second-order valence-corrected chi connectivity index (χ2v) is 4.80. The standard InChI is InChI=1S/C12H17N5O/c1-8(7-18-2)14-10-12-16-15-11(9-3-4-9)17(12)6-5-13-10/h5-6,8-9H,3-4,7H2,1-2H3,(H,13,14). The number of fused-ring (bicyclic) bond motifs is 1. The minimum Gasteiger partial charge on any atom is -0.383 e. The fourth-order valence-corrected chi connectivity index (χ4v) is 2.09. The number of methoxy groups -OCH3 is 1. The van der Waals surface area contributed by atoms with Gasteiger partial charge in [0.15, 0.2) is 5.82 Å². The van der Waals surface area contributed by atoms with E-state index in [1.807, 2.05) is 17.5 Å². The average Bonchev–Trinajstić information content (AvgIpc) is 3.10. The van der Waals surface area contributed by atoms with Gasteiger partial charge in [-0.3, -0.25) is 4.40 Å². The number of ether oxygens (including phenoxy) is 1. The van der Waals surface area contributed by atoms with E-state index in [2.05, 4.69) is 20.5 Å². The van der Waals surface area contributed by atoms with Crippen molar-refractivity contribution in [2.45, 2.75) is 31.7 Å². The lowest BCUT2D eigenvalue weighted by Gasteiger charge is -2.13. The van der Waals surface area contributed by atoms with Gasteiger partial charge in [-0.2, -0.15) is 0 Å². The smallest absolute Gasteiger partial charge is 0.203 e. The topological polar surface area (TPSA) is 64.3 Å². The highest BCUT2D eigenvalue weighted by atomic mass is 16.5. The summed E-state index contributed by atoms with van der Waals surface area (Å²) < 4.78 is 7.14. The molecule has 2 heterocycles. The maximum Gasteiger partial charge on any atom is 0.203 e. The second-order valence-electron chi connectivity index (χ2n) is 4.80. The summed E-state index contributed by atoms with van der Waals surface area (Å²) in [6.45, 7) is 2.68. The Morgan fingerprint density at radius 3 is 3.06 bits per heavy atom. The van der Waals surface area contributed by atoms with Gasteiger partial charge in [0.2, 0.25) is 5.65 Å². The van der Waals surface area contributed by atoms with Gasteiger partial charge in [-0.15, -0.1) is 10.2 Å². The molecule has 18 heavy (non-hydrogen) atoms. The molecule has 0 radical (unpaired) electrons. The molecule has 1 fully saturated rings. The molecule has 1 atom stereocenters. The molecule has 0 saturated heterocycles. The van der Waals surface area contributed by atoms with Crippen molar-refractivity contribution in [3.05, 3.63) is 18.2 Å². The molecule has 0 bridgehead atoms. The van der Waals surface area contributed by atoms with Crippen LogP contribution in [0.25, 0.3) is 5.65 Å². The van der Waals surface area contributed by atoms with Crippen molar-refractivity contribution in [3.8, 4) is 0 Å². The van der Waals surface area contributed by atoms with Crippen LogP contribution in [0.1, 0.15) is 31.5 Å². The number of hydrogen-bond acceptors (Lipinski definition) is 5. The number of nitrogens with one attached hydrogen (secondary N) is 1. The minimum absolute atomic E-state index is 0.190. The first kappa shape index (κ1) is 11.4. The van der Waals surface area contributed by atoms with Gasteiger partial charge in [-0.05, 0) is 19.8 Å². The van der Waals surface area contributed by atoms with Crippen LogP contribution in [0.4, 0.5) is 5.82 Å². The van der Waals surface area contributed by atoms with Crippen LogP contribution in [-0.2, 0) is 4.74 Å². The lowest BCUT2D eigenvalue weighted by atomic mass is 10.3. The summed E-state index contributed by atoms with van der Waals surface area (Å²) in [5, 5.41) is 11.8. The highest BCUT2D eigenvalue weighted by Gasteiger charge is 2.29. The lowest BCUT2D eigenvalue weighted by Crippen LogP contribution is -2.22. The first-order valence-electron chi connectivity index (χ1n) is 6.24. The van der Waals surface area contributed by atoms with E-state index in [-0.39, 0.29) is 6.04 Å². The molecule has 1 aliphatic carbocycles. The van der Waals surface area contributed by atoms with Crippen LogP contribution in [0.15, 0.2) is 12.4 Å². The summed E-state index contributed by atoms with van der Waals surface area (Å²) in [5.74, 6) is 2.39. The van der Waals surface area contributed by atoms with Crippen LogP contribution in [-0.4, -0.2) is 39.3 Å². The van der Waals surface area contributed by atoms with Gasteiger partial charge in [0, 0.05) is 31.5 Å². The first-order valence-corrected chi connectivity index (χ1v) is 6.24. The Labute approximate surface area is 105 Å². The molecule has 0 amide bonds. The Bertz CT molecular complexity index is 548. The number of hydrogen-bond donors (Lipinski definition) is 1. The van der Waals surface area contributed by atoms with E-state index in [4.69, 9.17) is 4.74 Å². The molecule has 1 unspecified atom stereocenters. The molecule has 2 aromatic heterocycles. The third-order valence-electron chi connectivity index (χ3n) is 3.10. The molecular formula is C12H17N5O. The Balaban J connectivity index is 1.92. The predicted octanol–water partition coefficient (Wildman–Crippen LogP) is 1.45. The normalized spacial score (nSPS) is 17.0. The molecule has 6 heteroatoms. The fourth-order valence-electron chi connectivity index (χ4n) is 2.09. The summed E-state index contributed by atoms with van der Waals surface area (Å²) in [7, 11) is 1.69. The van der Waals surface area contributed by atoms with Crippen molar-refractivity contribution in [1.29, 1.82) is 0 Å². The number of rotatable bonds is 5. The third-order valence-corrected chi connectivity index (χ3v) is 3.10. The Morgan fingerprint density at radius 2 is 2.33 bits per heavy atom. The maximum atomic E-state index is 5.11. The van der Waals surface area contributed by atoms with E-state index < -0.39 is 0 Å². The van der Waals surface area contributed by atoms with Crippen LogP contribution in [0, 0.1) is 0 Å². The molecule has 1 saturated carbocycles. The van der Waals surface area contributed by atoms with E-state index in [9.17, 15) is 0 Å².